The summed E-state index contributed by atoms with van der Waals surface area (Å²) >= 11 is 0. The van der Waals surface area contributed by atoms with Gasteiger partial charge in [0.1, 0.15) is 12.1 Å². The molecule has 5 atom stereocenters. The largest absolute Gasteiger partial charge is 0.388 e. The number of benzene rings is 1. The number of rotatable bonds is 6. The predicted molar refractivity (Wildman–Crippen MR) is 79.9 cm³/mol. The summed E-state index contributed by atoms with van der Waals surface area (Å²) in [5.41, 5.74) is 9.73. The molecular formula is C15H21N3O4. The van der Waals surface area contributed by atoms with E-state index in [1.54, 1.807) is 0 Å². The van der Waals surface area contributed by atoms with Crippen molar-refractivity contribution in [2.45, 2.75) is 50.6 Å². The normalized spacial score (nSPS) is 31.5. The summed E-state index contributed by atoms with van der Waals surface area (Å²) in [4.78, 5) is 2.82. The Morgan fingerprint density at radius 3 is 2.68 bits per heavy atom. The molecule has 1 N–H and O–H groups in total. The van der Waals surface area contributed by atoms with Crippen LogP contribution >= 0.6 is 0 Å². The number of hydrogen-bond donors (Lipinski definition) is 1. The van der Waals surface area contributed by atoms with E-state index in [0.717, 1.165) is 5.56 Å². The van der Waals surface area contributed by atoms with Gasteiger partial charge in [-0.2, -0.15) is 0 Å². The molecule has 1 fully saturated rings. The van der Waals surface area contributed by atoms with E-state index in [1.165, 1.54) is 7.11 Å². The fourth-order valence-corrected chi connectivity index (χ4v) is 2.58. The zero-order chi connectivity index (χ0) is 15.9. The lowest BCUT2D eigenvalue weighted by molar-refractivity contribution is -0.261. The quantitative estimate of drug-likeness (QED) is 0.495. The highest BCUT2D eigenvalue weighted by Crippen LogP contribution is 2.28. The molecule has 1 aromatic rings. The second kappa shape index (κ2) is 8.12. The summed E-state index contributed by atoms with van der Waals surface area (Å²) in [5, 5.41) is 14.1. The SMILES string of the molecule is CCC1OC(OC)[C@@H](N=[N+]=[N-])[C@@H](OCc2ccccc2)C1O. The van der Waals surface area contributed by atoms with Crippen molar-refractivity contribution >= 4 is 0 Å². The molecule has 7 heteroatoms. The summed E-state index contributed by atoms with van der Waals surface area (Å²) in [7, 11) is 1.48. The van der Waals surface area contributed by atoms with Crippen LogP contribution in [-0.4, -0.2) is 42.9 Å². The van der Waals surface area contributed by atoms with E-state index in [9.17, 15) is 5.11 Å². The van der Waals surface area contributed by atoms with Gasteiger partial charge in [-0.1, -0.05) is 42.4 Å². The van der Waals surface area contributed by atoms with Crippen LogP contribution in [0.2, 0.25) is 0 Å². The summed E-state index contributed by atoms with van der Waals surface area (Å²) < 4.78 is 16.7. The summed E-state index contributed by atoms with van der Waals surface area (Å²) in [5.74, 6) is 0. The van der Waals surface area contributed by atoms with E-state index in [0.29, 0.717) is 13.0 Å². The van der Waals surface area contributed by atoms with E-state index >= 15 is 0 Å². The topological polar surface area (TPSA) is 96.7 Å². The van der Waals surface area contributed by atoms with Crippen molar-refractivity contribution in [3.8, 4) is 0 Å². The first-order valence-electron chi connectivity index (χ1n) is 7.27. The third kappa shape index (κ3) is 3.76. The third-order valence-electron chi connectivity index (χ3n) is 3.75. The van der Waals surface area contributed by atoms with Crippen molar-refractivity contribution in [3.63, 3.8) is 0 Å². The van der Waals surface area contributed by atoms with E-state index in [2.05, 4.69) is 10.0 Å². The first kappa shape index (κ1) is 16.7. The van der Waals surface area contributed by atoms with Gasteiger partial charge in [0.25, 0.3) is 0 Å². The Kier molecular flexibility index (Phi) is 6.18. The lowest BCUT2D eigenvalue weighted by atomic mass is 9.95. The summed E-state index contributed by atoms with van der Waals surface area (Å²) in [6.45, 7) is 2.22. The molecule has 0 radical (unpaired) electrons. The Balaban J connectivity index is 2.15. The predicted octanol–water partition coefficient (Wildman–Crippen LogP) is 2.39. The molecule has 0 amide bonds. The Bertz CT molecular complexity index is 507. The summed E-state index contributed by atoms with van der Waals surface area (Å²) in [6, 6.07) is 8.87. The minimum absolute atomic E-state index is 0.312. The molecule has 0 aromatic heterocycles. The highest BCUT2D eigenvalue weighted by Gasteiger charge is 2.45. The van der Waals surface area contributed by atoms with E-state index < -0.39 is 30.6 Å². The monoisotopic (exact) mass is 307 g/mol. The molecule has 0 bridgehead atoms. The lowest BCUT2D eigenvalue weighted by Crippen LogP contribution is -2.57. The fourth-order valence-electron chi connectivity index (χ4n) is 2.58. The summed E-state index contributed by atoms with van der Waals surface area (Å²) in [6.07, 6.45) is -2.11. The molecule has 0 spiro atoms. The van der Waals surface area contributed by atoms with Crippen molar-refractivity contribution < 1.29 is 19.3 Å². The van der Waals surface area contributed by atoms with Gasteiger partial charge in [-0.05, 0) is 17.5 Å². The third-order valence-corrected chi connectivity index (χ3v) is 3.75. The second-order valence-corrected chi connectivity index (χ2v) is 5.13. The van der Waals surface area contributed by atoms with Gasteiger partial charge in [0.15, 0.2) is 6.29 Å². The lowest BCUT2D eigenvalue weighted by Gasteiger charge is -2.42. The molecule has 1 aromatic carbocycles. The van der Waals surface area contributed by atoms with Crippen LogP contribution in [0.3, 0.4) is 0 Å². The average Bonchev–Trinajstić information content (AvgIpc) is 2.56. The van der Waals surface area contributed by atoms with Crippen LogP contribution in [0.25, 0.3) is 10.4 Å². The number of ether oxygens (including phenoxy) is 3. The average molecular weight is 307 g/mol. The molecule has 2 rings (SSSR count). The zero-order valence-electron chi connectivity index (χ0n) is 12.7. The Labute approximate surface area is 129 Å². The highest BCUT2D eigenvalue weighted by molar-refractivity contribution is 5.13. The Hall–Kier alpha value is -1.63. The molecule has 1 heterocycles. The van der Waals surface area contributed by atoms with Crippen molar-refractivity contribution in [2.24, 2.45) is 5.11 Å². The van der Waals surface area contributed by atoms with Crippen molar-refractivity contribution in [1.29, 1.82) is 0 Å². The number of azide groups is 1. The molecule has 120 valence electrons. The van der Waals surface area contributed by atoms with Gasteiger partial charge < -0.3 is 19.3 Å². The molecule has 1 aliphatic heterocycles. The van der Waals surface area contributed by atoms with E-state index in [4.69, 9.17) is 19.7 Å². The minimum Gasteiger partial charge on any atom is -0.388 e. The molecule has 3 unspecified atom stereocenters. The zero-order valence-corrected chi connectivity index (χ0v) is 12.7. The van der Waals surface area contributed by atoms with Gasteiger partial charge in [-0.15, -0.1) is 0 Å². The van der Waals surface area contributed by atoms with Crippen molar-refractivity contribution in [1.82, 2.24) is 0 Å². The molecule has 7 nitrogen and oxygen atoms in total. The first-order valence-corrected chi connectivity index (χ1v) is 7.27. The standard InChI is InChI=1S/C15H21N3O4/c1-3-11-13(19)14(12(17-18-16)15(20-2)22-11)21-9-10-7-5-4-6-8-10/h4-8,11-15,19H,3,9H2,1-2H3/t11?,12-,13?,14+,15?/m0/s1. The van der Waals surface area contributed by atoms with Gasteiger partial charge in [0.05, 0.1) is 18.8 Å². The molecule has 22 heavy (non-hydrogen) atoms. The Morgan fingerprint density at radius 2 is 2.09 bits per heavy atom. The number of aliphatic hydroxyl groups excluding tert-OH is 1. The van der Waals surface area contributed by atoms with Crippen LogP contribution in [0.5, 0.6) is 0 Å². The number of nitrogens with zero attached hydrogens (tertiary/aromatic N) is 3. The van der Waals surface area contributed by atoms with Gasteiger partial charge in [-0.3, -0.25) is 0 Å². The maximum atomic E-state index is 10.4. The minimum atomic E-state index is -0.879. The molecule has 0 aliphatic carbocycles. The molecule has 1 aliphatic rings. The number of aliphatic hydroxyl groups is 1. The van der Waals surface area contributed by atoms with Crippen LogP contribution in [0.15, 0.2) is 35.4 Å². The maximum Gasteiger partial charge on any atom is 0.168 e. The van der Waals surface area contributed by atoms with E-state index in [-0.39, 0.29) is 0 Å². The van der Waals surface area contributed by atoms with Crippen LogP contribution < -0.4 is 0 Å². The molecule has 1 saturated heterocycles. The Morgan fingerprint density at radius 1 is 1.36 bits per heavy atom. The van der Waals surface area contributed by atoms with Crippen LogP contribution in [0, 0.1) is 0 Å². The number of methoxy groups -OCH3 is 1. The number of hydrogen-bond acceptors (Lipinski definition) is 5. The van der Waals surface area contributed by atoms with Crippen LogP contribution in [0.4, 0.5) is 0 Å². The van der Waals surface area contributed by atoms with Crippen LogP contribution in [0.1, 0.15) is 18.9 Å². The molecular weight excluding hydrogens is 286 g/mol. The smallest absolute Gasteiger partial charge is 0.168 e. The van der Waals surface area contributed by atoms with Gasteiger partial charge in [0, 0.05) is 12.0 Å². The van der Waals surface area contributed by atoms with Gasteiger partial charge >= 0.3 is 0 Å². The van der Waals surface area contributed by atoms with Gasteiger partial charge in [0.2, 0.25) is 0 Å². The van der Waals surface area contributed by atoms with Crippen molar-refractivity contribution in [3.05, 3.63) is 46.3 Å². The van der Waals surface area contributed by atoms with Gasteiger partial charge in [-0.25, -0.2) is 0 Å². The maximum absolute atomic E-state index is 10.4. The second-order valence-electron chi connectivity index (χ2n) is 5.13. The first-order chi connectivity index (χ1) is 10.7. The van der Waals surface area contributed by atoms with Crippen molar-refractivity contribution in [2.75, 3.05) is 7.11 Å². The molecule has 0 saturated carbocycles. The van der Waals surface area contributed by atoms with Crippen LogP contribution in [-0.2, 0) is 20.8 Å². The highest BCUT2D eigenvalue weighted by atomic mass is 16.7. The van der Waals surface area contributed by atoms with E-state index in [1.807, 2.05) is 37.3 Å². The fraction of sp³-hybridized carbons (Fsp3) is 0.600.